The third-order valence-electron chi connectivity index (χ3n) is 5.54. The number of amides is 1. The van der Waals surface area contributed by atoms with E-state index in [0.717, 1.165) is 16.2 Å². The first-order chi connectivity index (χ1) is 17.7. The fourth-order valence-electron chi connectivity index (χ4n) is 3.98. The minimum Gasteiger partial charge on any atom is -0.325 e. The van der Waals surface area contributed by atoms with E-state index in [1.165, 1.54) is 11.8 Å². The van der Waals surface area contributed by atoms with Crippen molar-refractivity contribution in [2.75, 3.05) is 30.3 Å². The number of fused-ring (bicyclic) bond motifs is 1. The van der Waals surface area contributed by atoms with Gasteiger partial charge in [-0.3, -0.25) is 23.7 Å². The molecule has 37 heavy (non-hydrogen) atoms. The third-order valence-corrected chi connectivity index (χ3v) is 6.99. The lowest BCUT2D eigenvalue weighted by molar-refractivity contribution is -0.117. The van der Waals surface area contributed by atoms with Crippen molar-refractivity contribution in [1.82, 2.24) is 29.5 Å². The van der Waals surface area contributed by atoms with E-state index in [-0.39, 0.29) is 19.0 Å². The summed E-state index contributed by atoms with van der Waals surface area (Å²) in [6, 6.07) is 13.0. The first-order valence-electron chi connectivity index (χ1n) is 11.4. The Labute approximate surface area is 215 Å². The Morgan fingerprint density at radius 2 is 2.08 bits per heavy atom. The van der Waals surface area contributed by atoms with Crippen LogP contribution in [0, 0.1) is 6.92 Å². The number of phosphoric acid groups is 1. The van der Waals surface area contributed by atoms with Crippen molar-refractivity contribution in [3.63, 3.8) is 0 Å². The maximum absolute atomic E-state index is 12.4. The molecular weight excluding hydrogens is 519 g/mol. The van der Waals surface area contributed by atoms with Crippen LogP contribution in [0.4, 0.5) is 17.5 Å². The minimum absolute atomic E-state index is 0.105. The van der Waals surface area contributed by atoms with Gasteiger partial charge in [0.15, 0.2) is 11.0 Å². The van der Waals surface area contributed by atoms with E-state index in [9.17, 15) is 9.36 Å². The van der Waals surface area contributed by atoms with Crippen LogP contribution in [-0.4, -0.2) is 70.9 Å². The highest BCUT2D eigenvalue weighted by atomic mass is 32.2. The number of hydrogen-bond donors (Lipinski definition) is 5. The normalized spacial score (nSPS) is 16.4. The quantitative estimate of drug-likeness (QED) is 0.196. The first-order valence-corrected chi connectivity index (χ1v) is 13.7. The highest BCUT2D eigenvalue weighted by molar-refractivity contribution is 7.99. The van der Waals surface area contributed by atoms with Crippen LogP contribution in [0.1, 0.15) is 12.1 Å². The topological polar surface area (TPSA) is 170 Å². The second-order valence-electron chi connectivity index (χ2n) is 8.54. The van der Waals surface area contributed by atoms with E-state index in [0.29, 0.717) is 35.6 Å². The molecule has 0 unspecified atom stereocenters. The number of anilines is 3. The van der Waals surface area contributed by atoms with Crippen LogP contribution < -0.4 is 10.6 Å². The summed E-state index contributed by atoms with van der Waals surface area (Å²) >= 11 is 1.39. The Bertz CT molecular complexity index is 1450. The van der Waals surface area contributed by atoms with Gasteiger partial charge in [0.05, 0.1) is 12.6 Å². The van der Waals surface area contributed by atoms with Crippen LogP contribution in [0.2, 0.25) is 0 Å². The molecule has 1 amide bonds. The molecule has 0 spiro atoms. The van der Waals surface area contributed by atoms with E-state index in [2.05, 4.69) is 30.8 Å². The predicted octanol–water partition coefficient (Wildman–Crippen LogP) is 2.78. The molecule has 1 aliphatic heterocycles. The SMILES string of the molecule is Cc1cc(Nc2nc(Sc3ccc(NC(=O)CN4CC[C@@H](OP(=O)(O)O)C4)cc3)nc3cccn23)n[nH]1. The summed E-state index contributed by atoms with van der Waals surface area (Å²) in [7, 11) is -4.53. The Morgan fingerprint density at radius 1 is 1.27 bits per heavy atom. The maximum Gasteiger partial charge on any atom is 0.469 e. The van der Waals surface area contributed by atoms with Crippen molar-refractivity contribution < 1.29 is 23.7 Å². The zero-order valence-corrected chi connectivity index (χ0v) is 21.4. The number of hydrogen-bond acceptors (Lipinski definition) is 9. The number of nitrogens with one attached hydrogen (secondary N) is 3. The molecule has 0 bridgehead atoms. The smallest absolute Gasteiger partial charge is 0.325 e. The number of aryl methyl sites for hydroxylation is 1. The Morgan fingerprint density at radius 3 is 2.81 bits per heavy atom. The molecule has 5 N–H and O–H groups in total. The molecule has 15 heteroatoms. The number of benzene rings is 1. The van der Waals surface area contributed by atoms with E-state index in [1.54, 1.807) is 17.0 Å². The number of H-pyrrole nitrogens is 1. The molecule has 0 radical (unpaired) electrons. The highest BCUT2D eigenvalue weighted by Crippen LogP contribution is 2.39. The average molecular weight is 545 g/mol. The first kappa shape index (κ1) is 25.4. The molecule has 13 nitrogen and oxygen atoms in total. The van der Waals surface area contributed by atoms with Crippen LogP contribution in [0.3, 0.4) is 0 Å². The number of likely N-dealkylation sites (tertiary alicyclic amines) is 1. The van der Waals surface area contributed by atoms with Crippen molar-refractivity contribution >= 4 is 48.6 Å². The summed E-state index contributed by atoms with van der Waals surface area (Å²) in [6.07, 6.45) is 1.74. The van der Waals surface area contributed by atoms with Gasteiger partial charge in [-0.05, 0) is 61.5 Å². The lowest BCUT2D eigenvalue weighted by Gasteiger charge is -2.16. The van der Waals surface area contributed by atoms with Gasteiger partial charge >= 0.3 is 7.82 Å². The van der Waals surface area contributed by atoms with Crippen LogP contribution in [0.5, 0.6) is 0 Å². The largest absolute Gasteiger partial charge is 0.469 e. The van der Waals surface area contributed by atoms with Gasteiger partial charge in [0.25, 0.3) is 0 Å². The fourth-order valence-corrected chi connectivity index (χ4v) is 5.29. The molecule has 0 aliphatic carbocycles. The number of carbonyl (C=O) groups excluding carboxylic acids is 1. The van der Waals surface area contributed by atoms with Crippen molar-refractivity contribution in [1.29, 1.82) is 0 Å². The lowest BCUT2D eigenvalue weighted by Crippen LogP contribution is -2.32. The molecule has 1 atom stereocenters. The molecule has 4 aromatic rings. The summed E-state index contributed by atoms with van der Waals surface area (Å²) in [5.74, 6) is 1.02. The van der Waals surface area contributed by atoms with E-state index in [1.807, 2.05) is 47.9 Å². The highest BCUT2D eigenvalue weighted by Gasteiger charge is 2.30. The fraction of sp³-hybridized carbons (Fsp3) is 0.273. The van der Waals surface area contributed by atoms with E-state index < -0.39 is 13.9 Å². The van der Waals surface area contributed by atoms with Crippen LogP contribution in [0.25, 0.3) is 5.65 Å². The van der Waals surface area contributed by atoms with E-state index in [4.69, 9.17) is 14.3 Å². The van der Waals surface area contributed by atoms with Crippen molar-refractivity contribution in [3.8, 4) is 0 Å². The molecule has 194 valence electrons. The summed E-state index contributed by atoms with van der Waals surface area (Å²) in [5.41, 5.74) is 2.31. The number of nitrogens with zero attached hydrogens (tertiary/aromatic N) is 5. The second-order valence-corrected chi connectivity index (χ2v) is 10.8. The van der Waals surface area contributed by atoms with Gasteiger partial charge in [0.1, 0.15) is 5.65 Å². The summed E-state index contributed by atoms with van der Waals surface area (Å²) in [5, 5.41) is 13.7. The molecule has 3 aromatic heterocycles. The van der Waals surface area contributed by atoms with Gasteiger partial charge in [0.2, 0.25) is 11.9 Å². The number of phosphoric ester groups is 1. The lowest BCUT2D eigenvalue weighted by atomic mass is 10.3. The summed E-state index contributed by atoms with van der Waals surface area (Å²) < 4.78 is 17.6. The Balaban J connectivity index is 1.19. The minimum atomic E-state index is -4.53. The summed E-state index contributed by atoms with van der Waals surface area (Å²) in [4.78, 5) is 42.3. The van der Waals surface area contributed by atoms with Gasteiger partial charge in [-0.2, -0.15) is 10.1 Å². The Hall–Kier alpha value is -3.26. The molecular formula is C22H25N8O5PS. The van der Waals surface area contributed by atoms with Crippen LogP contribution >= 0.6 is 19.6 Å². The van der Waals surface area contributed by atoms with Crippen molar-refractivity contribution in [2.24, 2.45) is 0 Å². The molecule has 1 aliphatic rings. The number of aromatic nitrogens is 5. The second kappa shape index (κ2) is 10.6. The molecule has 5 rings (SSSR count). The maximum atomic E-state index is 12.4. The standard InChI is InChI=1S/C22H25N8O5PS/c1-14-11-18(28-27-14)24-21-26-22(25-19-3-2-9-30(19)21)37-17-6-4-15(5-7-17)23-20(31)13-29-10-8-16(12-29)35-36(32,33)34/h2-7,9,11,16H,8,10,12-13H2,1H3,(H,23,31)(H2,32,33,34)(H2,24,25,26,27,28)/t16-/m1/s1. The third kappa shape index (κ3) is 6.74. The number of rotatable bonds is 9. The van der Waals surface area contributed by atoms with Gasteiger partial charge < -0.3 is 20.4 Å². The monoisotopic (exact) mass is 544 g/mol. The van der Waals surface area contributed by atoms with Crippen molar-refractivity contribution in [3.05, 3.63) is 54.4 Å². The summed E-state index contributed by atoms with van der Waals surface area (Å²) in [6.45, 7) is 2.84. The molecule has 1 aromatic carbocycles. The molecule has 0 saturated carbocycles. The molecule has 1 fully saturated rings. The molecule has 4 heterocycles. The number of carbonyl (C=O) groups is 1. The number of aromatic amines is 1. The van der Waals surface area contributed by atoms with Gasteiger partial charge in [-0.25, -0.2) is 9.55 Å². The zero-order chi connectivity index (χ0) is 26.0. The molecule has 1 saturated heterocycles. The van der Waals surface area contributed by atoms with Crippen molar-refractivity contribution in [2.45, 2.75) is 29.5 Å². The van der Waals surface area contributed by atoms with Gasteiger partial charge in [-0.1, -0.05) is 0 Å². The van der Waals surface area contributed by atoms with Crippen LogP contribution in [-0.2, 0) is 13.9 Å². The average Bonchev–Trinajstić information content (AvgIpc) is 3.56. The van der Waals surface area contributed by atoms with Gasteiger partial charge in [-0.15, -0.1) is 0 Å². The Kier molecular flexibility index (Phi) is 7.29. The van der Waals surface area contributed by atoms with Gasteiger partial charge in [0, 0.05) is 41.6 Å². The predicted molar refractivity (Wildman–Crippen MR) is 137 cm³/mol. The van der Waals surface area contributed by atoms with Crippen LogP contribution in [0.15, 0.2) is 58.7 Å². The zero-order valence-electron chi connectivity index (χ0n) is 19.7. The van der Waals surface area contributed by atoms with E-state index >= 15 is 0 Å².